The van der Waals surface area contributed by atoms with Crippen LogP contribution in [0, 0.1) is 6.92 Å². The standard InChI is InChI=1S/C14H11N3O2S/c1-8-7-20-14(15-8)11-16-12(18)10(13(19)17-11)9-5-3-2-4-6-9/h2-7H,1H3,(H2,16,17,18,19). The van der Waals surface area contributed by atoms with Crippen LogP contribution in [0.3, 0.4) is 0 Å². The molecule has 1 aromatic carbocycles. The normalized spacial score (nSPS) is 10.7. The fourth-order valence-electron chi connectivity index (χ4n) is 1.89. The highest BCUT2D eigenvalue weighted by Gasteiger charge is 2.14. The van der Waals surface area contributed by atoms with Crippen LogP contribution in [-0.4, -0.2) is 20.1 Å². The fraction of sp³-hybridized carbons (Fsp3) is 0.0714. The minimum absolute atomic E-state index is 0.169. The predicted octanol–water partition coefficient (Wildman–Crippen LogP) is 2.57. The Kier molecular flexibility index (Phi) is 3.08. The number of aryl methyl sites for hydroxylation is 1. The first-order valence-corrected chi connectivity index (χ1v) is 6.84. The van der Waals surface area contributed by atoms with Crippen LogP contribution in [0.15, 0.2) is 40.5 Å². The first-order chi connectivity index (χ1) is 9.65. The third kappa shape index (κ3) is 2.21. The van der Waals surface area contributed by atoms with Gasteiger partial charge >= 0.3 is 0 Å². The summed E-state index contributed by atoms with van der Waals surface area (Å²) in [6, 6.07) is 8.94. The first-order valence-electron chi connectivity index (χ1n) is 5.96. The Bertz CT molecular complexity index is 809. The number of hydrogen-bond acceptors (Lipinski definition) is 5. The van der Waals surface area contributed by atoms with E-state index >= 15 is 0 Å². The Morgan fingerprint density at radius 2 is 1.95 bits per heavy atom. The number of H-pyrrole nitrogens is 1. The fourth-order valence-corrected chi connectivity index (χ4v) is 2.63. The zero-order valence-corrected chi connectivity index (χ0v) is 11.4. The molecule has 0 saturated carbocycles. The van der Waals surface area contributed by atoms with E-state index < -0.39 is 0 Å². The Morgan fingerprint density at radius 1 is 1.20 bits per heavy atom. The average molecular weight is 285 g/mol. The van der Waals surface area contributed by atoms with Crippen molar-refractivity contribution in [3.63, 3.8) is 0 Å². The predicted molar refractivity (Wildman–Crippen MR) is 77.8 cm³/mol. The van der Waals surface area contributed by atoms with Gasteiger partial charge in [-0.15, -0.1) is 11.3 Å². The van der Waals surface area contributed by atoms with Crippen LogP contribution < -0.4 is 5.56 Å². The maximum atomic E-state index is 12.2. The maximum absolute atomic E-state index is 12.2. The SMILES string of the molecule is Cc1csc(-c2nc(O)c(-c3ccccc3)c(=O)[nH]2)n1. The lowest BCUT2D eigenvalue weighted by Crippen LogP contribution is -2.12. The highest BCUT2D eigenvalue weighted by molar-refractivity contribution is 7.13. The summed E-state index contributed by atoms with van der Waals surface area (Å²) in [7, 11) is 0. The van der Waals surface area contributed by atoms with Crippen molar-refractivity contribution in [3.05, 3.63) is 51.8 Å². The van der Waals surface area contributed by atoms with Gasteiger partial charge in [0.15, 0.2) is 10.8 Å². The van der Waals surface area contributed by atoms with Gasteiger partial charge in [0.25, 0.3) is 5.56 Å². The molecule has 5 nitrogen and oxygen atoms in total. The quantitative estimate of drug-likeness (QED) is 0.758. The van der Waals surface area contributed by atoms with E-state index in [2.05, 4.69) is 15.0 Å². The Labute approximate surface area is 118 Å². The third-order valence-corrected chi connectivity index (χ3v) is 3.75. The summed E-state index contributed by atoms with van der Waals surface area (Å²) in [5.41, 5.74) is 1.26. The second-order valence-electron chi connectivity index (χ2n) is 4.27. The van der Waals surface area contributed by atoms with Crippen LogP contribution in [-0.2, 0) is 0 Å². The van der Waals surface area contributed by atoms with E-state index in [4.69, 9.17) is 0 Å². The highest BCUT2D eigenvalue weighted by atomic mass is 32.1. The molecule has 20 heavy (non-hydrogen) atoms. The molecule has 0 unspecified atom stereocenters. The van der Waals surface area contributed by atoms with Gasteiger partial charge in [-0.2, -0.15) is 4.98 Å². The second-order valence-corrected chi connectivity index (χ2v) is 5.13. The molecule has 3 aromatic rings. The van der Waals surface area contributed by atoms with Gasteiger partial charge in [-0.1, -0.05) is 30.3 Å². The lowest BCUT2D eigenvalue weighted by molar-refractivity contribution is 0.454. The molecule has 0 radical (unpaired) electrons. The van der Waals surface area contributed by atoms with E-state index in [0.29, 0.717) is 10.6 Å². The average Bonchev–Trinajstić information content (AvgIpc) is 2.86. The van der Waals surface area contributed by atoms with Gasteiger partial charge in [0, 0.05) is 11.1 Å². The molecule has 0 spiro atoms. The van der Waals surface area contributed by atoms with E-state index in [1.165, 1.54) is 11.3 Å². The molecule has 0 aliphatic heterocycles. The van der Waals surface area contributed by atoms with Crippen LogP contribution in [0.2, 0.25) is 0 Å². The summed E-state index contributed by atoms with van der Waals surface area (Å²) in [5, 5.41) is 12.5. The molecule has 2 N–H and O–H groups in total. The summed E-state index contributed by atoms with van der Waals surface area (Å²) in [5.74, 6) is -0.00640. The molecule has 6 heteroatoms. The molecule has 0 atom stereocenters. The van der Waals surface area contributed by atoms with E-state index in [0.717, 1.165) is 5.69 Å². The van der Waals surface area contributed by atoms with Gasteiger partial charge in [-0.3, -0.25) is 4.79 Å². The van der Waals surface area contributed by atoms with E-state index in [1.54, 1.807) is 24.3 Å². The smallest absolute Gasteiger partial charge is 0.263 e. The number of thiazole rings is 1. The molecule has 0 aliphatic rings. The molecular formula is C14H11N3O2S. The number of benzene rings is 1. The molecular weight excluding hydrogens is 274 g/mol. The van der Waals surface area contributed by atoms with Crippen LogP contribution in [0.5, 0.6) is 5.88 Å². The van der Waals surface area contributed by atoms with Crippen molar-refractivity contribution < 1.29 is 5.11 Å². The van der Waals surface area contributed by atoms with Crippen LogP contribution in [0.25, 0.3) is 22.0 Å². The van der Waals surface area contributed by atoms with Crippen LogP contribution in [0.1, 0.15) is 5.69 Å². The van der Waals surface area contributed by atoms with Crippen molar-refractivity contribution in [2.45, 2.75) is 6.92 Å². The number of nitrogens with one attached hydrogen (secondary N) is 1. The molecule has 100 valence electrons. The van der Waals surface area contributed by atoms with Crippen molar-refractivity contribution in [2.75, 3.05) is 0 Å². The van der Waals surface area contributed by atoms with E-state index in [1.807, 2.05) is 18.4 Å². The molecule has 2 heterocycles. The third-order valence-electron chi connectivity index (χ3n) is 2.78. The number of aromatic hydroxyl groups is 1. The van der Waals surface area contributed by atoms with Gasteiger partial charge in [-0.25, -0.2) is 4.98 Å². The topological polar surface area (TPSA) is 78.9 Å². The highest BCUT2D eigenvalue weighted by Crippen LogP contribution is 2.26. The van der Waals surface area contributed by atoms with Gasteiger partial charge in [0.1, 0.15) is 5.56 Å². The van der Waals surface area contributed by atoms with Crippen molar-refractivity contribution >= 4 is 11.3 Å². The number of hydrogen-bond donors (Lipinski definition) is 2. The minimum Gasteiger partial charge on any atom is -0.493 e. The molecule has 0 amide bonds. The van der Waals surface area contributed by atoms with Crippen LogP contribution in [0.4, 0.5) is 0 Å². The summed E-state index contributed by atoms with van der Waals surface area (Å²) >= 11 is 1.37. The van der Waals surface area contributed by atoms with Gasteiger partial charge < -0.3 is 10.1 Å². The number of aromatic nitrogens is 3. The summed E-state index contributed by atoms with van der Waals surface area (Å²) in [6.45, 7) is 1.86. The van der Waals surface area contributed by atoms with Crippen molar-refractivity contribution in [2.24, 2.45) is 0 Å². The molecule has 0 bridgehead atoms. The minimum atomic E-state index is -0.383. The summed E-state index contributed by atoms with van der Waals surface area (Å²) in [4.78, 5) is 23.1. The molecule has 3 rings (SSSR count). The van der Waals surface area contributed by atoms with Crippen LogP contribution >= 0.6 is 11.3 Å². The maximum Gasteiger partial charge on any atom is 0.263 e. The number of nitrogens with zero attached hydrogens (tertiary/aromatic N) is 2. The van der Waals surface area contributed by atoms with E-state index in [-0.39, 0.29) is 22.8 Å². The Balaban J connectivity index is 2.15. The van der Waals surface area contributed by atoms with Crippen molar-refractivity contribution in [3.8, 4) is 27.8 Å². The second kappa shape index (κ2) is 4.90. The first kappa shape index (κ1) is 12.6. The molecule has 0 saturated heterocycles. The summed E-state index contributed by atoms with van der Waals surface area (Å²) < 4.78 is 0. The molecule has 2 aromatic heterocycles. The molecule has 0 aliphatic carbocycles. The van der Waals surface area contributed by atoms with Crippen molar-refractivity contribution in [1.29, 1.82) is 0 Å². The van der Waals surface area contributed by atoms with Gasteiger partial charge in [-0.05, 0) is 12.5 Å². The Hall–Kier alpha value is -2.47. The van der Waals surface area contributed by atoms with E-state index in [9.17, 15) is 9.90 Å². The summed E-state index contributed by atoms with van der Waals surface area (Å²) in [6.07, 6.45) is 0. The zero-order valence-electron chi connectivity index (χ0n) is 10.6. The van der Waals surface area contributed by atoms with Gasteiger partial charge in [0.2, 0.25) is 5.88 Å². The molecule has 0 fully saturated rings. The largest absolute Gasteiger partial charge is 0.493 e. The lowest BCUT2D eigenvalue weighted by atomic mass is 10.1. The van der Waals surface area contributed by atoms with Gasteiger partial charge in [0.05, 0.1) is 0 Å². The lowest BCUT2D eigenvalue weighted by Gasteiger charge is -2.04. The van der Waals surface area contributed by atoms with Crippen molar-refractivity contribution in [1.82, 2.24) is 15.0 Å². The monoisotopic (exact) mass is 285 g/mol. The zero-order chi connectivity index (χ0) is 14.1. The number of rotatable bonds is 2. The Morgan fingerprint density at radius 3 is 2.55 bits per heavy atom. The number of aromatic amines is 1.